The summed E-state index contributed by atoms with van der Waals surface area (Å²) in [7, 11) is 2.28. The number of fused-ring (bicyclic) bond motifs is 5. The number of aromatic hydroxyl groups is 1. The fourth-order valence-corrected chi connectivity index (χ4v) is 7.59. The van der Waals surface area contributed by atoms with Crippen LogP contribution in [0.25, 0.3) is 0 Å². The molecule has 3 aliphatic heterocycles. The molecule has 5 nitrogen and oxygen atoms in total. The molecule has 3 atom stereocenters. The number of phenolic OH excluding ortho intramolecular Hbond substituents is 1. The summed E-state index contributed by atoms with van der Waals surface area (Å²) in [6.07, 6.45) is 6.04. The molecule has 1 amide bonds. The van der Waals surface area contributed by atoms with Crippen molar-refractivity contribution < 1.29 is 9.90 Å². The maximum atomic E-state index is 12.8. The lowest BCUT2D eigenvalue weighted by atomic mass is 9.56. The van der Waals surface area contributed by atoms with E-state index in [9.17, 15) is 9.90 Å². The molecule has 180 valence electrons. The Hall–Kier alpha value is -2.37. The van der Waals surface area contributed by atoms with Gasteiger partial charge in [0.25, 0.3) is 0 Å². The third-order valence-corrected chi connectivity index (χ3v) is 9.64. The predicted molar refractivity (Wildman–Crippen MR) is 135 cm³/mol. The van der Waals surface area contributed by atoms with Gasteiger partial charge in [0.05, 0.1) is 6.42 Å². The zero-order valence-electron chi connectivity index (χ0n) is 20.5. The van der Waals surface area contributed by atoms with E-state index in [0.717, 1.165) is 64.0 Å². The van der Waals surface area contributed by atoms with Crippen LogP contribution in [0.15, 0.2) is 42.5 Å². The topological polar surface area (TPSA) is 47.0 Å². The van der Waals surface area contributed by atoms with Crippen molar-refractivity contribution in [2.24, 2.45) is 5.92 Å². The molecule has 1 N–H and O–H groups in total. The number of amides is 1. The molecule has 34 heavy (non-hydrogen) atoms. The van der Waals surface area contributed by atoms with Crippen LogP contribution in [0, 0.1) is 5.92 Å². The highest BCUT2D eigenvalue weighted by Crippen LogP contribution is 2.51. The zero-order chi connectivity index (χ0) is 23.4. The summed E-state index contributed by atoms with van der Waals surface area (Å²) >= 11 is 0. The highest BCUT2D eigenvalue weighted by molar-refractivity contribution is 6.01. The van der Waals surface area contributed by atoms with Crippen LogP contribution in [-0.4, -0.2) is 66.1 Å². The monoisotopic (exact) mass is 459 g/mol. The van der Waals surface area contributed by atoms with Crippen LogP contribution in [-0.2, 0) is 23.1 Å². The number of hydrogen-bond donors (Lipinski definition) is 1. The van der Waals surface area contributed by atoms with Gasteiger partial charge in [-0.1, -0.05) is 31.2 Å². The summed E-state index contributed by atoms with van der Waals surface area (Å²) in [5, 5.41) is 10.3. The first-order valence-electron chi connectivity index (χ1n) is 13.1. The minimum absolute atomic E-state index is 0.143. The van der Waals surface area contributed by atoms with Gasteiger partial charge in [-0.3, -0.25) is 4.79 Å². The number of likely N-dealkylation sites (tertiary alicyclic amines) is 2. The van der Waals surface area contributed by atoms with Crippen LogP contribution < -0.4 is 4.90 Å². The van der Waals surface area contributed by atoms with E-state index in [-0.39, 0.29) is 11.3 Å². The Labute approximate surface area is 203 Å². The van der Waals surface area contributed by atoms with Crippen LogP contribution in [0.4, 0.5) is 5.69 Å². The number of rotatable bonds is 4. The Balaban J connectivity index is 1.16. The number of nitrogens with zero attached hydrogens (tertiary/aromatic N) is 3. The molecule has 5 heteroatoms. The van der Waals surface area contributed by atoms with Crippen LogP contribution in [0.2, 0.25) is 0 Å². The minimum atomic E-state index is 0.143. The lowest BCUT2D eigenvalue weighted by Gasteiger charge is -2.56. The first-order chi connectivity index (χ1) is 16.5. The van der Waals surface area contributed by atoms with Gasteiger partial charge in [0.15, 0.2) is 0 Å². The van der Waals surface area contributed by atoms with Crippen LogP contribution in [0.5, 0.6) is 5.75 Å². The van der Waals surface area contributed by atoms with Crippen LogP contribution in [0.3, 0.4) is 0 Å². The van der Waals surface area contributed by atoms with E-state index >= 15 is 0 Å². The van der Waals surface area contributed by atoms with Crippen molar-refractivity contribution in [2.45, 2.75) is 62.9 Å². The molecule has 2 saturated heterocycles. The number of carbonyl (C=O) groups is 1. The molecule has 0 aromatic heterocycles. The molecule has 0 unspecified atom stereocenters. The van der Waals surface area contributed by atoms with Crippen molar-refractivity contribution >= 4 is 11.6 Å². The van der Waals surface area contributed by atoms with Gasteiger partial charge in [-0.25, -0.2) is 0 Å². The summed E-state index contributed by atoms with van der Waals surface area (Å²) < 4.78 is 0. The maximum absolute atomic E-state index is 12.8. The molecule has 2 fully saturated rings. The number of para-hydroxylation sites is 1. The summed E-state index contributed by atoms with van der Waals surface area (Å²) in [5.41, 5.74) is 5.29. The Bertz CT molecular complexity index is 1090. The molecule has 0 saturated carbocycles. The van der Waals surface area contributed by atoms with Crippen LogP contribution >= 0.6 is 0 Å². The van der Waals surface area contributed by atoms with Crippen molar-refractivity contribution in [3.8, 4) is 5.75 Å². The first-order valence-corrected chi connectivity index (χ1v) is 13.1. The largest absolute Gasteiger partial charge is 0.508 e. The van der Waals surface area contributed by atoms with E-state index < -0.39 is 0 Å². The molecule has 2 bridgehead atoms. The van der Waals surface area contributed by atoms with Gasteiger partial charge in [-0.15, -0.1) is 0 Å². The number of carbonyl (C=O) groups excluding carboxylic acids is 1. The number of likely N-dealkylation sites (N-methyl/N-ethyl adjacent to an activating group) is 1. The Morgan fingerprint density at radius 2 is 1.85 bits per heavy atom. The third kappa shape index (κ3) is 3.47. The summed E-state index contributed by atoms with van der Waals surface area (Å²) in [5.74, 6) is 1.25. The number of piperidine rings is 2. The fraction of sp³-hybridized carbons (Fsp3) is 0.552. The molecule has 4 aliphatic rings. The van der Waals surface area contributed by atoms with E-state index in [1.165, 1.54) is 16.7 Å². The second-order valence-electron chi connectivity index (χ2n) is 11.2. The predicted octanol–water partition coefficient (Wildman–Crippen LogP) is 3.97. The van der Waals surface area contributed by atoms with E-state index in [1.54, 1.807) is 0 Å². The molecule has 0 spiro atoms. The Morgan fingerprint density at radius 1 is 1.06 bits per heavy atom. The number of phenols is 1. The van der Waals surface area contributed by atoms with Gasteiger partial charge in [-0.05, 0) is 93.0 Å². The minimum Gasteiger partial charge on any atom is -0.508 e. The van der Waals surface area contributed by atoms with Crippen LogP contribution in [0.1, 0.15) is 49.3 Å². The van der Waals surface area contributed by atoms with Gasteiger partial charge in [0.1, 0.15) is 5.75 Å². The van der Waals surface area contributed by atoms with E-state index in [1.807, 2.05) is 12.1 Å². The molecule has 3 heterocycles. The van der Waals surface area contributed by atoms with Crippen molar-refractivity contribution in [1.29, 1.82) is 0 Å². The summed E-state index contributed by atoms with van der Waals surface area (Å²) in [6, 6.07) is 15.3. The quantitative estimate of drug-likeness (QED) is 0.752. The normalized spacial score (nSPS) is 29.8. The molecule has 0 radical (unpaired) electrons. The molecule has 2 aromatic carbocycles. The molecule has 1 aliphatic carbocycles. The lowest BCUT2D eigenvalue weighted by Crippen LogP contribution is -2.58. The summed E-state index contributed by atoms with van der Waals surface area (Å²) in [4.78, 5) is 20.0. The van der Waals surface area contributed by atoms with Gasteiger partial charge in [0.2, 0.25) is 5.91 Å². The molecular formula is C29H37N3O2. The number of benzene rings is 2. The van der Waals surface area contributed by atoms with Gasteiger partial charge >= 0.3 is 0 Å². The van der Waals surface area contributed by atoms with E-state index in [2.05, 4.69) is 59.0 Å². The highest BCUT2D eigenvalue weighted by Gasteiger charge is 2.50. The van der Waals surface area contributed by atoms with Gasteiger partial charge in [0, 0.05) is 36.3 Å². The Kier molecular flexibility index (Phi) is 5.45. The SMILES string of the molecule is C[C@H]1[C@H]2Cc3ccc(O)cc3[C@]1(CCN1CCC(N3C(=O)Cc4ccccc43)CC1)CCN2C. The average Bonchev–Trinajstić information content (AvgIpc) is 3.18. The maximum Gasteiger partial charge on any atom is 0.231 e. The van der Waals surface area contributed by atoms with Crippen molar-refractivity contribution in [2.75, 3.05) is 38.1 Å². The smallest absolute Gasteiger partial charge is 0.231 e. The molecule has 6 rings (SSSR count). The highest BCUT2D eigenvalue weighted by atomic mass is 16.3. The lowest BCUT2D eigenvalue weighted by molar-refractivity contribution is -0.118. The van der Waals surface area contributed by atoms with Gasteiger partial charge in [-0.2, -0.15) is 0 Å². The standard InChI is InChI=1S/C29H37N3O2/c1-20-27-17-21-7-8-24(33)19-25(21)29(20,11-15-30(27)2)12-16-31-13-9-23(10-14-31)32-26-6-4-3-5-22(26)18-28(32)34/h3-8,19-20,23,27,33H,9-18H2,1-2H3/t20-,27+,29-/m0/s1. The fourth-order valence-electron chi connectivity index (χ4n) is 7.59. The van der Waals surface area contributed by atoms with E-state index in [0.29, 0.717) is 30.2 Å². The summed E-state index contributed by atoms with van der Waals surface area (Å²) in [6.45, 7) is 6.76. The second kappa shape index (κ2) is 8.39. The third-order valence-electron chi connectivity index (χ3n) is 9.64. The Morgan fingerprint density at radius 3 is 2.68 bits per heavy atom. The van der Waals surface area contributed by atoms with Crippen molar-refractivity contribution in [3.63, 3.8) is 0 Å². The zero-order valence-corrected chi connectivity index (χ0v) is 20.5. The molecule has 2 aromatic rings. The van der Waals surface area contributed by atoms with E-state index in [4.69, 9.17) is 0 Å². The van der Waals surface area contributed by atoms with Crippen molar-refractivity contribution in [1.82, 2.24) is 9.80 Å². The first kappa shape index (κ1) is 22.1. The van der Waals surface area contributed by atoms with Crippen molar-refractivity contribution in [3.05, 3.63) is 59.2 Å². The molecular weight excluding hydrogens is 422 g/mol. The number of hydrogen-bond acceptors (Lipinski definition) is 4. The number of anilines is 1. The second-order valence-corrected chi connectivity index (χ2v) is 11.2. The average molecular weight is 460 g/mol. The van der Waals surface area contributed by atoms with Gasteiger partial charge < -0.3 is 19.8 Å².